The van der Waals surface area contributed by atoms with Crippen molar-refractivity contribution in [2.24, 2.45) is 0 Å². The van der Waals surface area contributed by atoms with Crippen LogP contribution in [0.25, 0.3) is 27.9 Å². The molecule has 3 aromatic carbocycles. The van der Waals surface area contributed by atoms with Crippen molar-refractivity contribution in [3.05, 3.63) is 120 Å². The molecule has 0 atom stereocenters. The first-order chi connectivity index (χ1) is 16.7. The van der Waals surface area contributed by atoms with E-state index in [1.165, 1.54) is 0 Å². The van der Waals surface area contributed by atoms with Crippen LogP contribution in [0.3, 0.4) is 0 Å². The van der Waals surface area contributed by atoms with Crippen molar-refractivity contribution in [1.29, 1.82) is 0 Å². The Balaban J connectivity index is 1.57. The maximum Gasteiger partial charge on any atom is 0.340 e. The maximum absolute atomic E-state index is 13.5. The Hall–Kier alpha value is -4.51. The highest BCUT2D eigenvalue weighted by molar-refractivity contribution is 6.11. The molecule has 34 heavy (non-hydrogen) atoms. The SMILES string of the molecule is CCOC(=O)c1cc(C(=O)c2ccc(-c3ccccc3)cc2)n2cnc(-c3ccccc3)cc12. The van der Waals surface area contributed by atoms with Crippen molar-refractivity contribution in [1.82, 2.24) is 9.38 Å². The number of benzene rings is 3. The molecule has 166 valence electrons. The number of nitrogens with zero attached hydrogens (tertiary/aromatic N) is 2. The van der Waals surface area contributed by atoms with E-state index in [1.807, 2.05) is 78.9 Å². The molecule has 0 spiro atoms. The number of rotatable bonds is 6. The molecule has 0 bridgehead atoms. The van der Waals surface area contributed by atoms with Crippen molar-refractivity contribution in [2.75, 3.05) is 6.61 Å². The molecule has 5 rings (SSSR count). The highest BCUT2D eigenvalue weighted by atomic mass is 16.5. The van der Waals surface area contributed by atoms with Gasteiger partial charge in [0.15, 0.2) is 0 Å². The monoisotopic (exact) mass is 446 g/mol. The fourth-order valence-corrected chi connectivity index (χ4v) is 4.00. The number of aromatic nitrogens is 2. The van der Waals surface area contributed by atoms with Crippen LogP contribution in [-0.4, -0.2) is 27.7 Å². The molecule has 0 aliphatic carbocycles. The molecule has 0 fully saturated rings. The quantitative estimate of drug-likeness (QED) is 0.234. The van der Waals surface area contributed by atoms with Crippen molar-refractivity contribution in [2.45, 2.75) is 6.92 Å². The van der Waals surface area contributed by atoms with Crippen LogP contribution < -0.4 is 0 Å². The van der Waals surface area contributed by atoms with E-state index in [0.29, 0.717) is 28.0 Å². The lowest BCUT2D eigenvalue weighted by molar-refractivity contribution is 0.0529. The Morgan fingerprint density at radius 3 is 2.06 bits per heavy atom. The van der Waals surface area contributed by atoms with Gasteiger partial charge in [0.05, 0.1) is 29.1 Å². The minimum atomic E-state index is -0.469. The van der Waals surface area contributed by atoms with Gasteiger partial charge in [0.25, 0.3) is 0 Å². The number of hydrogen-bond donors (Lipinski definition) is 0. The van der Waals surface area contributed by atoms with Gasteiger partial charge < -0.3 is 4.74 Å². The second kappa shape index (κ2) is 9.16. The zero-order valence-electron chi connectivity index (χ0n) is 18.6. The van der Waals surface area contributed by atoms with E-state index in [9.17, 15) is 9.59 Å². The minimum absolute atomic E-state index is 0.195. The average molecular weight is 447 g/mol. The first-order valence-corrected chi connectivity index (χ1v) is 11.1. The second-order valence-corrected chi connectivity index (χ2v) is 7.83. The summed E-state index contributed by atoms with van der Waals surface area (Å²) in [6, 6.07) is 30.6. The molecule has 0 saturated carbocycles. The first-order valence-electron chi connectivity index (χ1n) is 11.1. The van der Waals surface area contributed by atoms with Crippen LogP contribution in [0.2, 0.25) is 0 Å². The van der Waals surface area contributed by atoms with Gasteiger partial charge in [0, 0.05) is 11.1 Å². The standard InChI is InChI=1S/C29H22N2O3/c1-2-34-29(33)24-17-27(31-19-30-25(18-26(24)31)22-11-7-4-8-12-22)28(32)23-15-13-21(14-16-23)20-9-5-3-6-10-20/h3-19H,2H2,1H3. The number of carbonyl (C=O) groups is 2. The van der Waals surface area contributed by atoms with Gasteiger partial charge in [-0.25, -0.2) is 9.78 Å². The molecule has 0 radical (unpaired) electrons. The fourth-order valence-electron chi connectivity index (χ4n) is 4.00. The van der Waals surface area contributed by atoms with Crippen molar-refractivity contribution in [3.63, 3.8) is 0 Å². The van der Waals surface area contributed by atoms with E-state index < -0.39 is 5.97 Å². The van der Waals surface area contributed by atoms with Gasteiger partial charge in [-0.1, -0.05) is 84.9 Å². The van der Waals surface area contributed by atoms with Crippen molar-refractivity contribution >= 4 is 17.3 Å². The Bertz CT molecular complexity index is 1470. The van der Waals surface area contributed by atoms with Gasteiger partial charge in [-0.3, -0.25) is 9.20 Å². The highest BCUT2D eigenvalue weighted by Gasteiger charge is 2.22. The Labute approximate surface area is 197 Å². The summed E-state index contributed by atoms with van der Waals surface area (Å²) in [6.45, 7) is 2.00. The number of hydrogen-bond acceptors (Lipinski definition) is 4. The highest BCUT2D eigenvalue weighted by Crippen LogP contribution is 2.26. The van der Waals surface area contributed by atoms with Gasteiger partial charge in [-0.2, -0.15) is 0 Å². The van der Waals surface area contributed by atoms with Crippen LogP contribution in [0.4, 0.5) is 0 Å². The van der Waals surface area contributed by atoms with E-state index in [0.717, 1.165) is 16.7 Å². The summed E-state index contributed by atoms with van der Waals surface area (Å²) < 4.78 is 6.92. The van der Waals surface area contributed by atoms with E-state index >= 15 is 0 Å². The largest absolute Gasteiger partial charge is 0.462 e. The Morgan fingerprint density at radius 1 is 0.794 bits per heavy atom. The number of fused-ring (bicyclic) bond motifs is 1. The Kier molecular flexibility index (Phi) is 5.75. The van der Waals surface area contributed by atoms with Crippen molar-refractivity contribution in [3.8, 4) is 22.4 Å². The lowest BCUT2D eigenvalue weighted by Crippen LogP contribution is -2.05. The topological polar surface area (TPSA) is 60.7 Å². The molecular formula is C29H22N2O3. The molecule has 0 saturated heterocycles. The first kappa shape index (κ1) is 21.3. The second-order valence-electron chi connectivity index (χ2n) is 7.83. The summed E-state index contributed by atoms with van der Waals surface area (Å²) in [4.78, 5) is 30.7. The van der Waals surface area contributed by atoms with Crippen LogP contribution in [0.5, 0.6) is 0 Å². The van der Waals surface area contributed by atoms with Gasteiger partial charge in [0.2, 0.25) is 5.78 Å². The molecule has 0 unspecified atom stereocenters. The molecule has 2 heterocycles. The normalized spacial score (nSPS) is 10.9. The van der Waals surface area contributed by atoms with Gasteiger partial charge in [-0.15, -0.1) is 0 Å². The van der Waals surface area contributed by atoms with Crippen LogP contribution in [0.15, 0.2) is 103 Å². The third-order valence-corrected chi connectivity index (χ3v) is 5.71. The van der Waals surface area contributed by atoms with Gasteiger partial charge >= 0.3 is 5.97 Å². The number of ketones is 1. The van der Waals surface area contributed by atoms with E-state index in [-0.39, 0.29) is 12.4 Å². The summed E-state index contributed by atoms with van der Waals surface area (Å²) >= 11 is 0. The van der Waals surface area contributed by atoms with Crippen LogP contribution in [0.1, 0.15) is 33.3 Å². The lowest BCUT2D eigenvalue weighted by atomic mass is 10.0. The van der Waals surface area contributed by atoms with Crippen LogP contribution in [-0.2, 0) is 4.74 Å². The van der Waals surface area contributed by atoms with Gasteiger partial charge in [0.1, 0.15) is 6.33 Å². The zero-order chi connectivity index (χ0) is 23.5. The molecule has 0 aliphatic heterocycles. The van der Waals surface area contributed by atoms with Crippen LogP contribution in [0, 0.1) is 0 Å². The molecule has 5 nitrogen and oxygen atoms in total. The maximum atomic E-state index is 13.5. The Morgan fingerprint density at radius 2 is 1.41 bits per heavy atom. The molecule has 5 aromatic rings. The predicted molar refractivity (Wildman–Crippen MR) is 132 cm³/mol. The van der Waals surface area contributed by atoms with Crippen LogP contribution >= 0.6 is 0 Å². The van der Waals surface area contributed by atoms with E-state index in [1.54, 1.807) is 35.9 Å². The average Bonchev–Trinajstić information content (AvgIpc) is 3.28. The zero-order valence-corrected chi connectivity index (χ0v) is 18.6. The van der Waals surface area contributed by atoms with E-state index in [4.69, 9.17) is 4.74 Å². The van der Waals surface area contributed by atoms with E-state index in [2.05, 4.69) is 4.98 Å². The lowest BCUT2D eigenvalue weighted by Gasteiger charge is -2.07. The molecule has 0 N–H and O–H groups in total. The molecule has 5 heteroatoms. The van der Waals surface area contributed by atoms with Gasteiger partial charge in [-0.05, 0) is 30.2 Å². The summed E-state index contributed by atoms with van der Waals surface area (Å²) in [5.74, 6) is -0.664. The molecule has 0 amide bonds. The summed E-state index contributed by atoms with van der Waals surface area (Å²) in [5, 5.41) is 0. The smallest absolute Gasteiger partial charge is 0.340 e. The number of carbonyl (C=O) groups excluding carboxylic acids is 2. The third kappa shape index (κ3) is 3.99. The molecule has 2 aromatic heterocycles. The summed E-state index contributed by atoms with van der Waals surface area (Å²) in [5.41, 5.74) is 5.55. The summed E-state index contributed by atoms with van der Waals surface area (Å²) in [6.07, 6.45) is 1.59. The number of ether oxygens (including phenoxy) is 1. The van der Waals surface area contributed by atoms with Crippen molar-refractivity contribution < 1.29 is 14.3 Å². The predicted octanol–water partition coefficient (Wildman–Crippen LogP) is 6.08. The molecular weight excluding hydrogens is 424 g/mol. The molecule has 0 aliphatic rings. The third-order valence-electron chi connectivity index (χ3n) is 5.71. The number of esters is 1. The summed E-state index contributed by atoms with van der Waals surface area (Å²) in [7, 11) is 0. The minimum Gasteiger partial charge on any atom is -0.462 e. The fraction of sp³-hybridized carbons (Fsp3) is 0.0690.